The van der Waals surface area contributed by atoms with Gasteiger partial charge in [-0.1, -0.05) is 64.5 Å². The van der Waals surface area contributed by atoms with Gasteiger partial charge in [0.2, 0.25) is 5.82 Å². The highest BCUT2D eigenvalue weighted by Gasteiger charge is 2.37. The molecule has 1 fully saturated rings. The second-order valence-electron chi connectivity index (χ2n) is 9.97. The Balaban J connectivity index is 1.49. The summed E-state index contributed by atoms with van der Waals surface area (Å²) < 4.78 is 55.6. The number of benzene rings is 2. The van der Waals surface area contributed by atoms with Crippen LogP contribution in [0.1, 0.15) is 87.6 Å². The number of carbonyl (C=O) groups is 1. The summed E-state index contributed by atoms with van der Waals surface area (Å²) in [6.45, 7) is 4.32. The van der Waals surface area contributed by atoms with Gasteiger partial charge >= 0.3 is 5.97 Å². The molecule has 2 aliphatic rings. The van der Waals surface area contributed by atoms with Gasteiger partial charge in [0.1, 0.15) is 11.9 Å². The van der Waals surface area contributed by atoms with Crippen LogP contribution in [0, 0.1) is 29.3 Å². The molecule has 0 N–H and O–H groups in total. The Morgan fingerprint density at radius 1 is 0.886 bits per heavy atom. The third-order valence-electron chi connectivity index (χ3n) is 7.54. The Kier molecular flexibility index (Phi) is 8.40. The topological polar surface area (TPSA) is 35.5 Å². The molecule has 2 aromatic carbocycles. The first-order valence-electron chi connectivity index (χ1n) is 13.1. The van der Waals surface area contributed by atoms with Crippen molar-refractivity contribution in [3.8, 4) is 16.9 Å². The fourth-order valence-corrected chi connectivity index (χ4v) is 5.53. The van der Waals surface area contributed by atoms with Crippen LogP contribution in [0.3, 0.4) is 0 Å². The largest absolute Gasteiger partial charge is 0.490 e. The number of ether oxygens (including phenoxy) is 2. The van der Waals surface area contributed by atoms with E-state index in [2.05, 4.69) is 6.92 Å². The minimum Gasteiger partial charge on any atom is -0.490 e. The molecule has 0 saturated heterocycles. The highest BCUT2D eigenvalue weighted by Crippen LogP contribution is 2.40. The molecule has 1 saturated carbocycles. The molecule has 6 heteroatoms. The summed E-state index contributed by atoms with van der Waals surface area (Å²) in [5.41, 5.74) is -0.00684. The van der Waals surface area contributed by atoms with Crippen molar-refractivity contribution in [2.24, 2.45) is 11.8 Å². The zero-order chi connectivity index (χ0) is 24.9. The Bertz CT molecular complexity index is 1040. The maximum absolute atomic E-state index is 15.5. The van der Waals surface area contributed by atoms with E-state index in [0.29, 0.717) is 18.4 Å². The molecule has 3 nitrogen and oxygen atoms in total. The second kappa shape index (κ2) is 11.5. The number of hydrogen-bond donors (Lipinski definition) is 0. The fraction of sp³-hybridized carbons (Fsp3) is 0.552. The van der Waals surface area contributed by atoms with Crippen molar-refractivity contribution >= 4 is 5.97 Å². The molecule has 190 valence electrons. The van der Waals surface area contributed by atoms with Gasteiger partial charge < -0.3 is 9.47 Å². The number of halogens is 3. The molecule has 0 amide bonds. The molecular formula is C29H35F3O3. The average molecular weight is 489 g/mol. The molecule has 4 rings (SSSR count). The number of rotatable bonds is 9. The SMILES string of the molecule is CCCCCC1CCC(C2Cc3ccc(-c4ccc(OCCC)c(F)c4F)c(F)c3C(=O)O2)CC1. The first-order chi connectivity index (χ1) is 16.9. The molecule has 0 radical (unpaired) electrons. The van der Waals surface area contributed by atoms with Crippen LogP contribution in [-0.2, 0) is 11.2 Å². The lowest BCUT2D eigenvalue weighted by molar-refractivity contribution is -0.000931. The smallest absolute Gasteiger partial charge is 0.341 e. The molecule has 1 atom stereocenters. The monoisotopic (exact) mass is 488 g/mol. The Morgan fingerprint density at radius 3 is 2.31 bits per heavy atom. The average Bonchev–Trinajstić information content (AvgIpc) is 2.86. The molecular weight excluding hydrogens is 453 g/mol. The van der Waals surface area contributed by atoms with E-state index in [-0.39, 0.29) is 41.1 Å². The normalized spacial score (nSPS) is 22.0. The molecule has 1 unspecified atom stereocenters. The summed E-state index contributed by atoms with van der Waals surface area (Å²) >= 11 is 0. The van der Waals surface area contributed by atoms with Crippen LogP contribution in [0.5, 0.6) is 5.75 Å². The Hall–Kier alpha value is -2.50. The summed E-state index contributed by atoms with van der Waals surface area (Å²) in [5, 5.41) is 0. The minimum atomic E-state index is -1.20. The maximum atomic E-state index is 15.5. The molecule has 2 aromatic rings. The van der Waals surface area contributed by atoms with Crippen LogP contribution in [-0.4, -0.2) is 18.7 Å². The van der Waals surface area contributed by atoms with Gasteiger partial charge in [-0.25, -0.2) is 13.6 Å². The zero-order valence-electron chi connectivity index (χ0n) is 20.7. The molecule has 1 aliphatic heterocycles. The van der Waals surface area contributed by atoms with E-state index in [1.54, 1.807) is 6.07 Å². The van der Waals surface area contributed by atoms with E-state index in [4.69, 9.17) is 9.47 Å². The molecule has 35 heavy (non-hydrogen) atoms. The van der Waals surface area contributed by atoms with Crippen LogP contribution in [0.15, 0.2) is 24.3 Å². The number of cyclic esters (lactones) is 1. The minimum absolute atomic E-state index is 0.162. The van der Waals surface area contributed by atoms with Gasteiger partial charge in [-0.05, 0) is 48.8 Å². The summed E-state index contributed by atoms with van der Waals surface area (Å²) in [6, 6.07) is 5.65. The van der Waals surface area contributed by atoms with E-state index < -0.39 is 23.4 Å². The van der Waals surface area contributed by atoms with Gasteiger partial charge in [0.15, 0.2) is 11.6 Å². The summed E-state index contributed by atoms with van der Waals surface area (Å²) in [5.74, 6) is -3.14. The zero-order valence-corrected chi connectivity index (χ0v) is 20.7. The van der Waals surface area contributed by atoms with Crippen LogP contribution >= 0.6 is 0 Å². The Labute approximate surface area is 206 Å². The van der Waals surface area contributed by atoms with Gasteiger partial charge in [0, 0.05) is 17.5 Å². The lowest BCUT2D eigenvalue weighted by Crippen LogP contribution is -2.36. The highest BCUT2D eigenvalue weighted by atomic mass is 19.2. The van der Waals surface area contributed by atoms with Crippen molar-refractivity contribution < 1.29 is 27.4 Å². The van der Waals surface area contributed by atoms with Crippen molar-refractivity contribution in [1.29, 1.82) is 0 Å². The van der Waals surface area contributed by atoms with Crippen molar-refractivity contribution in [3.05, 3.63) is 52.8 Å². The van der Waals surface area contributed by atoms with E-state index in [1.165, 1.54) is 43.9 Å². The fourth-order valence-electron chi connectivity index (χ4n) is 5.53. The lowest BCUT2D eigenvalue weighted by atomic mass is 9.75. The standard InChI is InChI=1S/C29H35F3O3/c1-3-5-6-7-18-8-10-19(11-9-18)24-17-20-12-13-21(26(30)25(20)29(33)35-24)22-14-15-23(34-16-4-2)28(32)27(22)31/h12-15,18-19,24H,3-11,16-17H2,1-2H3. The van der Waals surface area contributed by atoms with E-state index >= 15 is 4.39 Å². The Morgan fingerprint density at radius 2 is 1.60 bits per heavy atom. The second-order valence-corrected chi connectivity index (χ2v) is 9.97. The summed E-state index contributed by atoms with van der Waals surface area (Å²) in [6.07, 6.45) is 10.2. The molecule has 0 aromatic heterocycles. The maximum Gasteiger partial charge on any atom is 0.341 e. The predicted octanol–water partition coefficient (Wildman–Crippen LogP) is 8.03. The molecule has 0 spiro atoms. The van der Waals surface area contributed by atoms with E-state index in [1.807, 2.05) is 6.92 Å². The van der Waals surface area contributed by atoms with Crippen LogP contribution in [0.2, 0.25) is 0 Å². The van der Waals surface area contributed by atoms with Crippen molar-refractivity contribution in [2.75, 3.05) is 6.61 Å². The van der Waals surface area contributed by atoms with Gasteiger partial charge in [-0.15, -0.1) is 0 Å². The highest BCUT2D eigenvalue weighted by molar-refractivity contribution is 5.94. The van der Waals surface area contributed by atoms with Crippen molar-refractivity contribution in [3.63, 3.8) is 0 Å². The number of carbonyl (C=O) groups excluding carboxylic acids is 1. The van der Waals surface area contributed by atoms with Crippen molar-refractivity contribution in [2.45, 2.75) is 84.2 Å². The summed E-state index contributed by atoms with van der Waals surface area (Å²) in [7, 11) is 0. The van der Waals surface area contributed by atoms with Gasteiger partial charge in [0.05, 0.1) is 12.2 Å². The number of esters is 1. The molecule has 1 aliphatic carbocycles. The van der Waals surface area contributed by atoms with Gasteiger partial charge in [-0.2, -0.15) is 4.39 Å². The predicted molar refractivity (Wildman–Crippen MR) is 130 cm³/mol. The van der Waals surface area contributed by atoms with E-state index in [0.717, 1.165) is 31.6 Å². The lowest BCUT2D eigenvalue weighted by Gasteiger charge is -2.36. The first-order valence-corrected chi connectivity index (χ1v) is 13.1. The molecule has 1 heterocycles. The third kappa shape index (κ3) is 5.52. The first kappa shape index (κ1) is 25.6. The van der Waals surface area contributed by atoms with E-state index in [9.17, 15) is 13.6 Å². The number of hydrogen-bond acceptors (Lipinski definition) is 3. The van der Waals surface area contributed by atoms with Crippen LogP contribution < -0.4 is 4.74 Å². The number of fused-ring (bicyclic) bond motifs is 1. The number of unbranched alkanes of at least 4 members (excludes halogenated alkanes) is 2. The van der Waals surface area contributed by atoms with Crippen LogP contribution in [0.4, 0.5) is 13.2 Å². The van der Waals surface area contributed by atoms with Gasteiger partial charge in [-0.3, -0.25) is 0 Å². The summed E-state index contributed by atoms with van der Waals surface area (Å²) in [4.78, 5) is 12.9. The van der Waals surface area contributed by atoms with Crippen molar-refractivity contribution in [1.82, 2.24) is 0 Å². The van der Waals surface area contributed by atoms with Crippen LogP contribution in [0.25, 0.3) is 11.1 Å². The quantitative estimate of drug-likeness (QED) is 0.265. The molecule has 0 bridgehead atoms. The van der Waals surface area contributed by atoms with Gasteiger partial charge in [0.25, 0.3) is 0 Å². The third-order valence-corrected chi connectivity index (χ3v) is 7.54.